The Labute approximate surface area is 118 Å². The molecule has 0 heterocycles. The van der Waals surface area contributed by atoms with Crippen molar-refractivity contribution >= 4 is 0 Å². The number of hydrogen-bond donors (Lipinski definition) is 1. The van der Waals surface area contributed by atoms with Gasteiger partial charge in [0.25, 0.3) is 0 Å². The molecule has 1 aromatic carbocycles. The van der Waals surface area contributed by atoms with E-state index >= 15 is 0 Å². The van der Waals surface area contributed by atoms with Gasteiger partial charge in [-0.3, -0.25) is 0 Å². The summed E-state index contributed by atoms with van der Waals surface area (Å²) >= 11 is 0. The molecule has 1 aliphatic rings. The lowest BCUT2D eigenvalue weighted by molar-refractivity contribution is -0.138. The van der Waals surface area contributed by atoms with Gasteiger partial charge in [-0.1, -0.05) is 38.0 Å². The van der Waals surface area contributed by atoms with E-state index in [0.29, 0.717) is 11.6 Å². The Morgan fingerprint density at radius 2 is 1.85 bits per heavy atom. The summed E-state index contributed by atoms with van der Waals surface area (Å²) in [4.78, 5) is 0. The van der Waals surface area contributed by atoms with Crippen LogP contribution in [0.15, 0.2) is 24.3 Å². The van der Waals surface area contributed by atoms with Crippen LogP contribution in [-0.4, -0.2) is 12.6 Å². The molecule has 2 unspecified atom stereocenters. The van der Waals surface area contributed by atoms with Crippen molar-refractivity contribution in [1.82, 2.24) is 5.32 Å². The lowest BCUT2D eigenvalue weighted by Gasteiger charge is -2.24. The van der Waals surface area contributed by atoms with Gasteiger partial charge in [-0.25, -0.2) is 0 Å². The molecule has 1 aromatic rings. The number of nitrogens with one attached hydrogen (secondary N) is 1. The Morgan fingerprint density at radius 1 is 1.15 bits per heavy atom. The quantitative estimate of drug-likeness (QED) is 0.792. The molecule has 0 spiro atoms. The van der Waals surface area contributed by atoms with E-state index in [9.17, 15) is 13.2 Å². The largest absolute Gasteiger partial charge is 0.416 e. The van der Waals surface area contributed by atoms with Crippen molar-refractivity contribution in [3.8, 4) is 0 Å². The molecule has 0 radical (unpaired) electrons. The molecular weight excluding hydrogens is 263 g/mol. The summed E-state index contributed by atoms with van der Waals surface area (Å²) in [6.45, 7) is 2.92. The van der Waals surface area contributed by atoms with E-state index in [1.54, 1.807) is 12.1 Å². The lowest BCUT2D eigenvalue weighted by Crippen LogP contribution is -2.29. The van der Waals surface area contributed by atoms with Crippen LogP contribution in [0, 0.1) is 0 Å². The second kappa shape index (κ2) is 6.61. The van der Waals surface area contributed by atoms with Crippen molar-refractivity contribution in [2.75, 3.05) is 6.54 Å². The monoisotopic (exact) mass is 285 g/mol. The van der Waals surface area contributed by atoms with Gasteiger partial charge in [-0.2, -0.15) is 13.2 Å². The average molecular weight is 285 g/mol. The highest BCUT2D eigenvalue weighted by molar-refractivity contribution is 5.33. The van der Waals surface area contributed by atoms with Crippen LogP contribution in [0.3, 0.4) is 0 Å². The van der Waals surface area contributed by atoms with E-state index in [4.69, 9.17) is 0 Å². The number of rotatable bonds is 3. The molecule has 1 nitrogen and oxygen atoms in total. The van der Waals surface area contributed by atoms with Gasteiger partial charge in [-0.15, -0.1) is 0 Å². The SMILES string of the molecule is CCNC1CCCCC(c2ccccc2C(F)(F)F)C1. The molecule has 0 aromatic heterocycles. The first kappa shape index (κ1) is 15.4. The molecule has 112 valence electrons. The maximum Gasteiger partial charge on any atom is 0.416 e. The Bertz CT molecular complexity index is 428. The highest BCUT2D eigenvalue weighted by Crippen LogP contribution is 2.39. The molecular formula is C16H22F3N. The minimum atomic E-state index is -4.25. The van der Waals surface area contributed by atoms with Gasteiger partial charge in [0, 0.05) is 6.04 Å². The third kappa shape index (κ3) is 3.75. The average Bonchev–Trinajstić information content (AvgIpc) is 2.64. The molecule has 2 rings (SSSR count). The van der Waals surface area contributed by atoms with Gasteiger partial charge >= 0.3 is 6.18 Å². The smallest absolute Gasteiger partial charge is 0.314 e. The maximum atomic E-state index is 13.1. The maximum absolute atomic E-state index is 13.1. The first-order valence-electron chi connectivity index (χ1n) is 7.42. The molecule has 1 aliphatic carbocycles. The second-order valence-electron chi connectivity index (χ2n) is 5.56. The van der Waals surface area contributed by atoms with E-state index in [2.05, 4.69) is 5.32 Å². The first-order chi connectivity index (χ1) is 9.52. The van der Waals surface area contributed by atoms with Gasteiger partial charge in [0.05, 0.1) is 5.56 Å². The third-order valence-electron chi connectivity index (χ3n) is 4.12. The molecule has 2 atom stereocenters. The minimum Gasteiger partial charge on any atom is -0.314 e. The molecule has 1 fully saturated rings. The molecule has 0 aliphatic heterocycles. The predicted molar refractivity (Wildman–Crippen MR) is 74.7 cm³/mol. The van der Waals surface area contributed by atoms with E-state index in [1.165, 1.54) is 12.1 Å². The Hall–Kier alpha value is -1.03. The number of hydrogen-bond acceptors (Lipinski definition) is 1. The van der Waals surface area contributed by atoms with E-state index < -0.39 is 11.7 Å². The summed E-state index contributed by atoms with van der Waals surface area (Å²) in [6, 6.07) is 6.40. The fourth-order valence-corrected chi connectivity index (χ4v) is 3.23. The lowest BCUT2D eigenvalue weighted by atomic mass is 9.87. The number of halogens is 3. The van der Waals surface area contributed by atoms with Crippen LogP contribution >= 0.6 is 0 Å². The molecule has 1 N–H and O–H groups in total. The molecule has 20 heavy (non-hydrogen) atoms. The van der Waals surface area contributed by atoms with Crippen molar-refractivity contribution < 1.29 is 13.2 Å². The van der Waals surface area contributed by atoms with Crippen LogP contribution in [0.1, 0.15) is 56.1 Å². The minimum absolute atomic E-state index is 0.0133. The fraction of sp³-hybridized carbons (Fsp3) is 0.625. The zero-order valence-corrected chi connectivity index (χ0v) is 11.8. The van der Waals surface area contributed by atoms with Crippen LogP contribution in [0.4, 0.5) is 13.2 Å². The summed E-state index contributed by atoms with van der Waals surface area (Å²) in [5.41, 5.74) is 0.0203. The van der Waals surface area contributed by atoms with Crippen LogP contribution < -0.4 is 5.32 Å². The Morgan fingerprint density at radius 3 is 2.55 bits per heavy atom. The van der Waals surface area contributed by atoms with Crippen LogP contribution in [-0.2, 0) is 6.18 Å². The third-order valence-corrected chi connectivity index (χ3v) is 4.12. The van der Waals surface area contributed by atoms with E-state index in [0.717, 1.165) is 38.6 Å². The Balaban J connectivity index is 2.25. The van der Waals surface area contributed by atoms with Crippen molar-refractivity contribution in [1.29, 1.82) is 0 Å². The summed E-state index contributed by atoms with van der Waals surface area (Å²) in [5, 5.41) is 3.40. The normalized spacial score (nSPS) is 24.4. The molecule has 4 heteroatoms. The topological polar surface area (TPSA) is 12.0 Å². The fourth-order valence-electron chi connectivity index (χ4n) is 3.23. The van der Waals surface area contributed by atoms with E-state index in [-0.39, 0.29) is 5.92 Å². The highest BCUT2D eigenvalue weighted by atomic mass is 19.4. The zero-order valence-electron chi connectivity index (χ0n) is 11.8. The second-order valence-corrected chi connectivity index (χ2v) is 5.56. The van der Waals surface area contributed by atoms with Crippen molar-refractivity contribution in [3.63, 3.8) is 0 Å². The van der Waals surface area contributed by atoms with Crippen LogP contribution in [0.25, 0.3) is 0 Å². The zero-order chi connectivity index (χ0) is 14.6. The Kier molecular flexibility index (Phi) is 5.08. The molecule has 0 saturated heterocycles. The van der Waals surface area contributed by atoms with Crippen molar-refractivity contribution in [2.45, 2.75) is 57.2 Å². The summed E-state index contributed by atoms with van der Waals surface area (Å²) in [6.07, 6.45) is 0.589. The molecule has 0 amide bonds. The number of benzene rings is 1. The molecule has 0 bridgehead atoms. The standard InChI is InChI=1S/C16H22F3N/c1-2-20-13-8-4-3-7-12(11-13)14-9-5-6-10-15(14)16(17,18)19/h5-6,9-10,12-13,20H,2-4,7-8,11H2,1H3. The number of alkyl halides is 3. The van der Waals surface area contributed by atoms with Crippen molar-refractivity contribution in [2.24, 2.45) is 0 Å². The van der Waals surface area contributed by atoms with E-state index in [1.807, 2.05) is 6.92 Å². The van der Waals surface area contributed by atoms with Crippen LogP contribution in [0.2, 0.25) is 0 Å². The predicted octanol–water partition coefficient (Wildman–Crippen LogP) is 4.73. The van der Waals surface area contributed by atoms with Crippen molar-refractivity contribution in [3.05, 3.63) is 35.4 Å². The summed E-state index contributed by atoms with van der Waals surface area (Å²) in [7, 11) is 0. The molecule has 1 saturated carbocycles. The van der Waals surface area contributed by atoms with Gasteiger partial charge in [0.15, 0.2) is 0 Å². The van der Waals surface area contributed by atoms with Gasteiger partial charge in [-0.05, 0) is 43.4 Å². The first-order valence-corrected chi connectivity index (χ1v) is 7.42. The highest BCUT2D eigenvalue weighted by Gasteiger charge is 2.35. The summed E-state index contributed by atoms with van der Waals surface area (Å²) in [5.74, 6) is 0.0133. The van der Waals surface area contributed by atoms with Crippen LogP contribution in [0.5, 0.6) is 0 Å². The summed E-state index contributed by atoms with van der Waals surface area (Å²) < 4.78 is 39.4. The van der Waals surface area contributed by atoms with Gasteiger partial charge in [0.1, 0.15) is 0 Å². The van der Waals surface area contributed by atoms with Gasteiger partial charge < -0.3 is 5.32 Å². The van der Waals surface area contributed by atoms with Gasteiger partial charge in [0.2, 0.25) is 0 Å².